The highest BCUT2D eigenvalue weighted by Gasteiger charge is 2.16. The molecular weight excluding hydrogens is 529 g/mol. The average molecular weight is 553 g/mol. The van der Waals surface area contributed by atoms with E-state index >= 15 is 0 Å². The summed E-state index contributed by atoms with van der Waals surface area (Å²) in [6, 6.07) is 52.3. The summed E-state index contributed by atoms with van der Waals surface area (Å²) >= 11 is 1.84. The molecule has 0 spiro atoms. The Balaban J connectivity index is 1.18. The molecular formula is C39H24N2S. The number of hydrogen-bond donors (Lipinski definition) is 0. The van der Waals surface area contributed by atoms with E-state index in [0.29, 0.717) is 0 Å². The van der Waals surface area contributed by atoms with Gasteiger partial charge in [0.15, 0.2) is 0 Å². The fraction of sp³-hybridized carbons (Fsp3) is 0. The van der Waals surface area contributed by atoms with Crippen molar-refractivity contribution in [1.29, 1.82) is 0 Å². The van der Waals surface area contributed by atoms with Gasteiger partial charge in [-0.25, -0.2) is 4.98 Å². The first kappa shape index (κ1) is 23.5. The minimum atomic E-state index is 1.03. The van der Waals surface area contributed by atoms with Crippen LogP contribution in [0.3, 0.4) is 0 Å². The molecule has 9 aromatic rings. The van der Waals surface area contributed by atoms with E-state index < -0.39 is 0 Å². The Labute approximate surface area is 246 Å². The van der Waals surface area contributed by atoms with Crippen LogP contribution in [0.1, 0.15) is 0 Å². The third-order valence-corrected chi connectivity index (χ3v) is 9.57. The Morgan fingerprint density at radius 2 is 1.10 bits per heavy atom. The van der Waals surface area contributed by atoms with Gasteiger partial charge in [0, 0.05) is 42.9 Å². The van der Waals surface area contributed by atoms with E-state index in [0.717, 1.165) is 22.5 Å². The van der Waals surface area contributed by atoms with E-state index in [4.69, 9.17) is 4.98 Å². The smallest absolute Gasteiger partial charge is 0.0888 e. The van der Waals surface area contributed by atoms with Crippen molar-refractivity contribution < 1.29 is 0 Å². The second-order valence-electron chi connectivity index (χ2n) is 10.8. The van der Waals surface area contributed by atoms with Crippen LogP contribution in [0, 0.1) is 0 Å². The summed E-state index contributed by atoms with van der Waals surface area (Å²) in [5.74, 6) is 0. The SMILES string of the molecule is c1cc(-c2ccc(-n3c4ccccc4c4ccccc43)cc2)cc(-c2nc3ccccc3c3c2sc2ccccc23)c1. The van der Waals surface area contributed by atoms with Crippen LogP contribution in [0.5, 0.6) is 0 Å². The van der Waals surface area contributed by atoms with Gasteiger partial charge >= 0.3 is 0 Å². The van der Waals surface area contributed by atoms with Gasteiger partial charge in [-0.3, -0.25) is 0 Å². The first-order chi connectivity index (χ1) is 20.8. The van der Waals surface area contributed by atoms with Crippen LogP contribution in [-0.2, 0) is 0 Å². The topological polar surface area (TPSA) is 17.8 Å². The average Bonchev–Trinajstić information content (AvgIpc) is 3.61. The van der Waals surface area contributed by atoms with Gasteiger partial charge in [-0.2, -0.15) is 0 Å². The third-order valence-electron chi connectivity index (χ3n) is 8.39. The molecule has 0 aliphatic heterocycles. The molecule has 0 amide bonds. The van der Waals surface area contributed by atoms with E-state index in [9.17, 15) is 0 Å². The van der Waals surface area contributed by atoms with E-state index in [1.165, 1.54) is 58.5 Å². The first-order valence-electron chi connectivity index (χ1n) is 14.2. The molecule has 3 aromatic heterocycles. The Morgan fingerprint density at radius 3 is 1.86 bits per heavy atom. The highest BCUT2D eigenvalue weighted by Crippen LogP contribution is 2.43. The lowest BCUT2D eigenvalue weighted by atomic mass is 9.99. The predicted molar refractivity (Wildman–Crippen MR) is 180 cm³/mol. The molecule has 0 N–H and O–H groups in total. The third kappa shape index (κ3) is 3.47. The summed E-state index contributed by atoms with van der Waals surface area (Å²) in [7, 11) is 0. The summed E-state index contributed by atoms with van der Waals surface area (Å²) in [6.07, 6.45) is 0. The fourth-order valence-electron chi connectivity index (χ4n) is 6.48. The molecule has 0 fully saturated rings. The predicted octanol–water partition coefficient (Wildman–Crippen LogP) is 11.0. The molecule has 0 unspecified atom stereocenters. The number of aromatic nitrogens is 2. The summed E-state index contributed by atoms with van der Waals surface area (Å²) in [6.45, 7) is 0. The molecule has 0 saturated heterocycles. The maximum atomic E-state index is 5.22. The van der Waals surface area contributed by atoms with Gasteiger partial charge in [0.1, 0.15) is 0 Å². The number of para-hydroxylation sites is 3. The van der Waals surface area contributed by atoms with E-state index in [-0.39, 0.29) is 0 Å². The van der Waals surface area contributed by atoms with Crippen LogP contribution in [0.2, 0.25) is 0 Å². The van der Waals surface area contributed by atoms with Crippen molar-refractivity contribution in [2.24, 2.45) is 0 Å². The van der Waals surface area contributed by atoms with Crippen molar-refractivity contribution in [3.8, 4) is 28.1 Å². The fourth-order valence-corrected chi connectivity index (χ4v) is 7.71. The van der Waals surface area contributed by atoms with Gasteiger partial charge in [0.2, 0.25) is 0 Å². The van der Waals surface area contributed by atoms with Crippen molar-refractivity contribution in [1.82, 2.24) is 9.55 Å². The summed E-state index contributed by atoms with van der Waals surface area (Å²) in [5.41, 5.74) is 9.21. The van der Waals surface area contributed by atoms with Gasteiger partial charge in [-0.15, -0.1) is 11.3 Å². The highest BCUT2D eigenvalue weighted by molar-refractivity contribution is 7.26. The molecule has 0 atom stereocenters. The quantitative estimate of drug-likeness (QED) is 0.213. The zero-order valence-corrected chi connectivity index (χ0v) is 23.5. The largest absolute Gasteiger partial charge is 0.309 e. The highest BCUT2D eigenvalue weighted by atomic mass is 32.1. The Morgan fingerprint density at radius 1 is 0.476 bits per heavy atom. The van der Waals surface area contributed by atoms with Crippen molar-refractivity contribution in [2.45, 2.75) is 0 Å². The van der Waals surface area contributed by atoms with Crippen molar-refractivity contribution in [2.75, 3.05) is 0 Å². The van der Waals surface area contributed by atoms with Crippen molar-refractivity contribution in [3.63, 3.8) is 0 Å². The van der Waals surface area contributed by atoms with Crippen LogP contribution >= 0.6 is 11.3 Å². The Kier molecular flexibility index (Phi) is 5.10. The van der Waals surface area contributed by atoms with Gasteiger partial charge in [0.05, 0.1) is 26.9 Å². The van der Waals surface area contributed by atoms with Gasteiger partial charge in [-0.1, -0.05) is 103 Å². The zero-order chi connectivity index (χ0) is 27.6. The second kappa shape index (κ2) is 9.13. The molecule has 196 valence electrons. The van der Waals surface area contributed by atoms with Gasteiger partial charge in [-0.05, 0) is 53.6 Å². The first-order valence-corrected chi connectivity index (χ1v) is 15.0. The number of nitrogens with zero attached hydrogens (tertiary/aromatic N) is 2. The summed E-state index contributed by atoms with van der Waals surface area (Å²) in [4.78, 5) is 5.22. The van der Waals surface area contributed by atoms with Crippen LogP contribution < -0.4 is 0 Å². The normalized spacial score (nSPS) is 11.8. The maximum absolute atomic E-state index is 5.22. The van der Waals surface area contributed by atoms with Gasteiger partial charge < -0.3 is 4.57 Å². The second-order valence-corrected chi connectivity index (χ2v) is 11.8. The molecule has 2 nitrogen and oxygen atoms in total. The Bertz CT molecular complexity index is 2410. The lowest BCUT2D eigenvalue weighted by Gasteiger charge is -2.11. The molecule has 0 radical (unpaired) electrons. The molecule has 9 rings (SSSR count). The molecule has 6 aromatic carbocycles. The van der Waals surface area contributed by atoms with Gasteiger partial charge in [0.25, 0.3) is 0 Å². The number of fused-ring (bicyclic) bond motifs is 8. The zero-order valence-electron chi connectivity index (χ0n) is 22.7. The number of thiophene rings is 1. The molecule has 0 saturated carbocycles. The number of pyridine rings is 1. The number of benzene rings is 6. The van der Waals surface area contributed by atoms with Crippen LogP contribution in [0.15, 0.2) is 146 Å². The lowest BCUT2D eigenvalue weighted by Crippen LogP contribution is -1.93. The van der Waals surface area contributed by atoms with Crippen molar-refractivity contribution in [3.05, 3.63) is 146 Å². The number of hydrogen-bond acceptors (Lipinski definition) is 2. The molecule has 0 aliphatic carbocycles. The summed E-state index contributed by atoms with van der Waals surface area (Å²) in [5, 5.41) is 6.37. The standard InChI is InChI=1S/C39H24N2S/c1-5-16-33-31(14-1)37-32-15-4-8-19-36(32)42-39(37)38(40-33)27-11-9-10-26(24-27)25-20-22-28(23-21-25)41-34-17-6-2-12-29(34)30-13-3-7-18-35(30)41/h1-24H. The molecule has 42 heavy (non-hydrogen) atoms. The summed E-state index contributed by atoms with van der Waals surface area (Å²) < 4.78 is 4.90. The van der Waals surface area contributed by atoms with E-state index in [2.05, 4.69) is 150 Å². The van der Waals surface area contributed by atoms with Crippen LogP contribution in [0.4, 0.5) is 0 Å². The van der Waals surface area contributed by atoms with Crippen LogP contribution in [-0.4, -0.2) is 9.55 Å². The van der Waals surface area contributed by atoms with Crippen LogP contribution in [0.25, 0.3) is 81.0 Å². The minimum Gasteiger partial charge on any atom is -0.309 e. The Hall–Kier alpha value is -5.25. The van der Waals surface area contributed by atoms with E-state index in [1.807, 2.05) is 11.3 Å². The minimum absolute atomic E-state index is 1.03. The molecule has 0 bridgehead atoms. The van der Waals surface area contributed by atoms with E-state index in [1.54, 1.807) is 0 Å². The molecule has 3 heterocycles. The maximum Gasteiger partial charge on any atom is 0.0888 e. The molecule has 3 heteroatoms. The van der Waals surface area contributed by atoms with Crippen molar-refractivity contribution >= 4 is 64.2 Å². The number of rotatable bonds is 3. The monoisotopic (exact) mass is 552 g/mol. The molecule has 0 aliphatic rings. The lowest BCUT2D eigenvalue weighted by molar-refractivity contribution is 1.18.